The molecule has 0 aromatic carbocycles. The topological polar surface area (TPSA) is 81.1 Å². The molecule has 1 aromatic rings. The Hall–Kier alpha value is -0.890. The van der Waals surface area contributed by atoms with E-state index in [1.165, 1.54) is 10.9 Å². The van der Waals surface area contributed by atoms with Gasteiger partial charge in [0.05, 0.1) is 17.6 Å². The average molecular weight is 364 g/mol. The van der Waals surface area contributed by atoms with Crippen molar-refractivity contribution in [2.24, 2.45) is 5.92 Å². The normalized spacial score (nSPS) is 15.3. The highest BCUT2D eigenvalue weighted by molar-refractivity contribution is 9.10. The molecule has 0 bridgehead atoms. The van der Waals surface area contributed by atoms with Gasteiger partial charge in [-0.1, -0.05) is 0 Å². The highest BCUT2D eigenvalue weighted by Gasteiger charge is 2.23. The van der Waals surface area contributed by atoms with Crippen molar-refractivity contribution in [2.75, 3.05) is 23.9 Å². The lowest BCUT2D eigenvalue weighted by Gasteiger charge is -2.10. The molecule has 1 saturated carbocycles. The van der Waals surface area contributed by atoms with Gasteiger partial charge in [0.15, 0.2) is 0 Å². The molecule has 112 valence electrons. The maximum Gasteiger partial charge on any atom is 0.283 e. The van der Waals surface area contributed by atoms with Crippen molar-refractivity contribution < 1.29 is 8.42 Å². The van der Waals surface area contributed by atoms with E-state index in [9.17, 15) is 13.2 Å². The molecule has 20 heavy (non-hydrogen) atoms. The van der Waals surface area contributed by atoms with Gasteiger partial charge in [0.2, 0.25) is 0 Å². The minimum absolute atomic E-state index is 0.129. The monoisotopic (exact) mass is 363 g/mol. The Kier molecular flexibility index (Phi) is 4.85. The molecule has 0 saturated heterocycles. The van der Waals surface area contributed by atoms with Crippen LogP contribution in [0.5, 0.6) is 0 Å². The number of aromatic nitrogens is 2. The molecule has 1 aromatic heterocycles. The summed E-state index contributed by atoms with van der Waals surface area (Å²) in [7, 11) is -2.94. The predicted molar refractivity (Wildman–Crippen MR) is 81.7 cm³/mol. The number of halogens is 1. The second-order valence-electron chi connectivity index (χ2n) is 5.21. The van der Waals surface area contributed by atoms with E-state index in [4.69, 9.17) is 0 Å². The summed E-state index contributed by atoms with van der Waals surface area (Å²) in [5.41, 5.74) is 0.459. The van der Waals surface area contributed by atoms with Gasteiger partial charge in [-0.3, -0.25) is 4.79 Å². The van der Waals surface area contributed by atoms with Crippen LogP contribution in [0.1, 0.15) is 19.3 Å². The fourth-order valence-electron chi connectivity index (χ4n) is 1.82. The van der Waals surface area contributed by atoms with E-state index in [0.717, 1.165) is 12.8 Å². The Morgan fingerprint density at radius 3 is 2.80 bits per heavy atom. The first kappa shape index (κ1) is 15.5. The second kappa shape index (κ2) is 6.26. The molecule has 1 aliphatic carbocycles. The van der Waals surface area contributed by atoms with Crippen LogP contribution in [-0.4, -0.2) is 36.8 Å². The third-order valence-electron chi connectivity index (χ3n) is 3.12. The zero-order valence-corrected chi connectivity index (χ0v) is 13.7. The van der Waals surface area contributed by atoms with Gasteiger partial charge in [-0.15, -0.1) is 0 Å². The molecular formula is C12H18BrN3O3S. The molecule has 0 unspecified atom stereocenters. The van der Waals surface area contributed by atoms with Crippen LogP contribution in [-0.2, 0) is 16.4 Å². The quantitative estimate of drug-likeness (QED) is 0.737. The molecule has 8 heteroatoms. The first-order chi connectivity index (χ1) is 9.37. The van der Waals surface area contributed by atoms with Gasteiger partial charge in [0, 0.05) is 19.3 Å². The maximum atomic E-state index is 12.1. The Morgan fingerprint density at radius 2 is 2.20 bits per heavy atom. The average Bonchev–Trinajstić information content (AvgIpc) is 3.16. The third kappa shape index (κ3) is 4.59. The smallest absolute Gasteiger partial charge is 0.283 e. The van der Waals surface area contributed by atoms with Crippen molar-refractivity contribution in [3.05, 3.63) is 21.0 Å². The second-order valence-corrected chi connectivity index (χ2v) is 8.27. The van der Waals surface area contributed by atoms with Crippen LogP contribution in [0.3, 0.4) is 0 Å². The van der Waals surface area contributed by atoms with E-state index in [-0.39, 0.29) is 11.3 Å². The van der Waals surface area contributed by atoms with Crippen LogP contribution >= 0.6 is 15.9 Å². The summed E-state index contributed by atoms with van der Waals surface area (Å²) in [6.45, 7) is 1.16. The van der Waals surface area contributed by atoms with Crippen LogP contribution in [0.25, 0.3) is 0 Å². The van der Waals surface area contributed by atoms with E-state index in [2.05, 4.69) is 26.3 Å². The number of anilines is 1. The van der Waals surface area contributed by atoms with Crippen LogP contribution in [0.2, 0.25) is 0 Å². The molecule has 1 fully saturated rings. The van der Waals surface area contributed by atoms with Crippen molar-refractivity contribution in [3.63, 3.8) is 0 Å². The van der Waals surface area contributed by atoms with Gasteiger partial charge >= 0.3 is 0 Å². The number of rotatable bonds is 7. The Labute approximate surface area is 126 Å². The zero-order valence-electron chi connectivity index (χ0n) is 11.3. The molecule has 0 atom stereocenters. The first-order valence-electron chi connectivity index (χ1n) is 6.54. The minimum Gasteiger partial charge on any atom is -0.383 e. The van der Waals surface area contributed by atoms with E-state index in [0.29, 0.717) is 35.6 Å². The minimum atomic E-state index is -2.94. The van der Waals surface area contributed by atoms with E-state index < -0.39 is 9.84 Å². The summed E-state index contributed by atoms with van der Waals surface area (Å²) < 4.78 is 24.0. The summed E-state index contributed by atoms with van der Waals surface area (Å²) in [6.07, 6.45) is 5.64. The standard InChI is InChI=1S/C12H18BrN3O3S/c1-20(18,19)6-2-5-14-10-7-15-16(8-9-3-4-9)12(17)11(10)13/h7,9,14H,2-6,8H2,1H3. The highest BCUT2D eigenvalue weighted by Crippen LogP contribution is 2.30. The summed E-state index contributed by atoms with van der Waals surface area (Å²) in [4.78, 5) is 12.1. The summed E-state index contributed by atoms with van der Waals surface area (Å²) in [5, 5.41) is 7.18. The van der Waals surface area contributed by atoms with Crippen LogP contribution in [0.4, 0.5) is 5.69 Å². The molecule has 1 aliphatic rings. The van der Waals surface area contributed by atoms with Crippen LogP contribution < -0.4 is 10.9 Å². The molecule has 0 aliphatic heterocycles. The van der Waals surface area contributed by atoms with Crippen molar-refractivity contribution >= 4 is 31.5 Å². The van der Waals surface area contributed by atoms with E-state index >= 15 is 0 Å². The number of sulfone groups is 1. The molecule has 1 N–H and O–H groups in total. The molecular weight excluding hydrogens is 346 g/mol. The maximum absolute atomic E-state index is 12.1. The van der Waals surface area contributed by atoms with Gasteiger partial charge in [-0.25, -0.2) is 13.1 Å². The Morgan fingerprint density at radius 1 is 1.50 bits per heavy atom. The van der Waals surface area contributed by atoms with E-state index in [1.807, 2.05) is 0 Å². The molecule has 1 heterocycles. The number of nitrogens with one attached hydrogen (secondary N) is 1. The predicted octanol–water partition coefficient (Wildman–Crippen LogP) is 1.26. The Balaban J connectivity index is 1.95. The van der Waals surface area contributed by atoms with Gasteiger partial charge < -0.3 is 5.32 Å². The summed E-state index contributed by atoms with van der Waals surface area (Å²) in [6, 6.07) is 0. The lowest BCUT2D eigenvalue weighted by atomic mass is 10.4. The number of hydrogen-bond acceptors (Lipinski definition) is 5. The Bertz CT molecular complexity index is 638. The molecule has 0 amide bonds. The van der Waals surface area contributed by atoms with Gasteiger partial charge in [0.25, 0.3) is 5.56 Å². The largest absolute Gasteiger partial charge is 0.383 e. The number of nitrogens with zero attached hydrogens (tertiary/aromatic N) is 2. The highest BCUT2D eigenvalue weighted by atomic mass is 79.9. The lowest BCUT2D eigenvalue weighted by Crippen LogP contribution is -2.25. The third-order valence-corrected chi connectivity index (χ3v) is 4.92. The first-order valence-corrected chi connectivity index (χ1v) is 9.39. The van der Waals surface area contributed by atoms with Gasteiger partial charge in [-0.2, -0.15) is 5.10 Å². The van der Waals surface area contributed by atoms with Crippen molar-refractivity contribution in [1.82, 2.24) is 9.78 Å². The molecule has 2 rings (SSSR count). The van der Waals surface area contributed by atoms with Crippen molar-refractivity contribution in [3.8, 4) is 0 Å². The molecule has 0 radical (unpaired) electrons. The fourth-order valence-corrected chi connectivity index (χ4v) is 2.94. The van der Waals surface area contributed by atoms with Crippen LogP contribution in [0, 0.1) is 5.92 Å². The zero-order chi connectivity index (χ0) is 14.8. The number of hydrogen-bond donors (Lipinski definition) is 1. The van der Waals surface area contributed by atoms with Gasteiger partial charge in [0.1, 0.15) is 14.3 Å². The fraction of sp³-hybridized carbons (Fsp3) is 0.667. The van der Waals surface area contributed by atoms with Crippen LogP contribution in [0.15, 0.2) is 15.5 Å². The van der Waals surface area contributed by atoms with Crippen molar-refractivity contribution in [1.29, 1.82) is 0 Å². The van der Waals surface area contributed by atoms with Crippen molar-refractivity contribution in [2.45, 2.75) is 25.8 Å². The summed E-state index contributed by atoms with van der Waals surface area (Å²) in [5.74, 6) is 0.713. The lowest BCUT2D eigenvalue weighted by molar-refractivity contribution is 0.532. The van der Waals surface area contributed by atoms with Gasteiger partial charge in [-0.05, 0) is 41.1 Å². The molecule has 0 spiro atoms. The molecule has 6 nitrogen and oxygen atoms in total. The van der Waals surface area contributed by atoms with E-state index in [1.54, 1.807) is 6.20 Å². The summed E-state index contributed by atoms with van der Waals surface area (Å²) >= 11 is 3.28. The SMILES string of the molecule is CS(=O)(=O)CCCNc1cnn(CC2CC2)c(=O)c1Br.